The summed E-state index contributed by atoms with van der Waals surface area (Å²) in [4.78, 5) is 4.64. The highest BCUT2D eigenvalue weighted by molar-refractivity contribution is 7.98. The Morgan fingerprint density at radius 1 is 1.47 bits per heavy atom. The molecule has 0 unspecified atom stereocenters. The second-order valence-electron chi connectivity index (χ2n) is 3.95. The Kier molecular flexibility index (Phi) is 4.62. The zero-order valence-electron chi connectivity index (χ0n) is 10.2. The lowest BCUT2D eigenvalue weighted by atomic mass is 10.4. The van der Waals surface area contributed by atoms with Crippen molar-refractivity contribution >= 4 is 23.1 Å². The number of thioether (sulfide) groups is 1. The molecule has 92 valence electrons. The molecular weight excluding hydrogens is 250 g/mol. The van der Waals surface area contributed by atoms with Crippen LogP contribution in [0.25, 0.3) is 10.6 Å². The monoisotopic (exact) mass is 267 g/mol. The van der Waals surface area contributed by atoms with E-state index in [4.69, 9.17) is 0 Å². The lowest BCUT2D eigenvalue weighted by Gasteiger charge is -1.96. The van der Waals surface area contributed by atoms with Crippen LogP contribution < -0.4 is 0 Å². The molecule has 2 aromatic heterocycles. The summed E-state index contributed by atoms with van der Waals surface area (Å²) in [7, 11) is 1.93. The zero-order chi connectivity index (χ0) is 12.1. The van der Waals surface area contributed by atoms with Crippen molar-refractivity contribution < 1.29 is 0 Å². The predicted molar refractivity (Wildman–Crippen MR) is 75.4 cm³/mol. The standard InChI is InChI=1S/C12H17N3S2/c1-3-4-5-16-8-11-9-17-12(14-11)10-6-13-15(2)7-10/h6-7,9H,3-5,8H2,1-2H3. The smallest absolute Gasteiger partial charge is 0.126 e. The zero-order valence-corrected chi connectivity index (χ0v) is 11.9. The van der Waals surface area contributed by atoms with Crippen molar-refractivity contribution in [3.05, 3.63) is 23.5 Å². The molecule has 0 aliphatic carbocycles. The van der Waals surface area contributed by atoms with Crippen LogP contribution in [0.1, 0.15) is 25.5 Å². The quantitative estimate of drug-likeness (QED) is 0.750. The summed E-state index contributed by atoms with van der Waals surface area (Å²) < 4.78 is 1.81. The number of nitrogens with zero attached hydrogens (tertiary/aromatic N) is 3. The molecule has 17 heavy (non-hydrogen) atoms. The first-order valence-electron chi connectivity index (χ1n) is 5.80. The van der Waals surface area contributed by atoms with Gasteiger partial charge in [-0.25, -0.2) is 4.98 Å². The maximum Gasteiger partial charge on any atom is 0.126 e. The van der Waals surface area contributed by atoms with Gasteiger partial charge in [0.1, 0.15) is 5.01 Å². The van der Waals surface area contributed by atoms with Gasteiger partial charge in [-0.05, 0) is 12.2 Å². The van der Waals surface area contributed by atoms with E-state index in [-0.39, 0.29) is 0 Å². The van der Waals surface area contributed by atoms with Crippen LogP contribution in [0.4, 0.5) is 0 Å². The summed E-state index contributed by atoms with van der Waals surface area (Å²) >= 11 is 3.67. The van der Waals surface area contributed by atoms with Crippen molar-refractivity contribution in [2.45, 2.75) is 25.5 Å². The highest BCUT2D eigenvalue weighted by Gasteiger charge is 2.06. The summed E-state index contributed by atoms with van der Waals surface area (Å²) in [6.07, 6.45) is 6.44. The van der Waals surface area contributed by atoms with E-state index < -0.39 is 0 Å². The molecule has 0 radical (unpaired) electrons. The van der Waals surface area contributed by atoms with E-state index in [1.807, 2.05) is 35.9 Å². The van der Waals surface area contributed by atoms with Crippen LogP contribution in [0.2, 0.25) is 0 Å². The lowest BCUT2D eigenvalue weighted by molar-refractivity contribution is 0.768. The molecule has 0 saturated heterocycles. The van der Waals surface area contributed by atoms with Gasteiger partial charge in [0.25, 0.3) is 0 Å². The van der Waals surface area contributed by atoms with Gasteiger partial charge in [-0.2, -0.15) is 16.9 Å². The second-order valence-corrected chi connectivity index (χ2v) is 5.92. The summed E-state index contributed by atoms with van der Waals surface area (Å²) in [5.41, 5.74) is 2.30. The topological polar surface area (TPSA) is 30.7 Å². The van der Waals surface area contributed by atoms with Gasteiger partial charge in [-0.3, -0.25) is 4.68 Å². The number of rotatable bonds is 6. The van der Waals surface area contributed by atoms with Crippen LogP contribution in [0.15, 0.2) is 17.8 Å². The molecule has 0 N–H and O–H groups in total. The minimum atomic E-state index is 1.02. The molecule has 0 spiro atoms. The van der Waals surface area contributed by atoms with Gasteiger partial charge in [0.15, 0.2) is 0 Å². The molecule has 2 aromatic rings. The van der Waals surface area contributed by atoms with Gasteiger partial charge in [0, 0.05) is 29.9 Å². The Morgan fingerprint density at radius 2 is 2.35 bits per heavy atom. The molecule has 3 nitrogen and oxygen atoms in total. The van der Waals surface area contributed by atoms with E-state index in [0.29, 0.717) is 0 Å². The number of unbranched alkanes of at least 4 members (excludes halogenated alkanes) is 1. The molecule has 2 heterocycles. The van der Waals surface area contributed by atoms with Crippen LogP contribution in [-0.4, -0.2) is 20.5 Å². The van der Waals surface area contributed by atoms with Gasteiger partial charge in [0.05, 0.1) is 11.9 Å². The van der Waals surface area contributed by atoms with Crippen molar-refractivity contribution in [3.8, 4) is 10.6 Å². The molecule has 0 saturated carbocycles. The van der Waals surface area contributed by atoms with Crippen molar-refractivity contribution in [2.24, 2.45) is 7.05 Å². The average molecular weight is 267 g/mol. The Labute approximate surface area is 110 Å². The number of aryl methyl sites for hydroxylation is 1. The van der Waals surface area contributed by atoms with E-state index in [2.05, 4.69) is 22.4 Å². The third-order valence-electron chi connectivity index (χ3n) is 2.40. The first-order valence-corrected chi connectivity index (χ1v) is 7.84. The van der Waals surface area contributed by atoms with E-state index in [1.165, 1.54) is 24.3 Å². The molecule has 0 amide bonds. The number of thiazole rings is 1. The third-order valence-corrected chi connectivity index (χ3v) is 4.41. The molecule has 0 aromatic carbocycles. The molecular formula is C12H17N3S2. The van der Waals surface area contributed by atoms with E-state index in [0.717, 1.165) is 16.3 Å². The fraction of sp³-hybridized carbons (Fsp3) is 0.500. The first kappa shape index (κ1) is 12.6. The Bertz CT molecular complexity index is 462. The van der Waals surface area contributed by atoms with E-state index in [9.17, 15) is 0 Å². The van der Waals surface area contributed by atoms with Crippen LogP contribution in [0.3, 0.4) is 0 Å². The average Bonchev–Trinajstić information content (AvgIpc) is 2.93. The molecule has 0 bridgehead atoms. The minimum Gasteiger partial charge on any atom is -0.275 e. The van der Waals surface area contributed by atoms with Crippen molar-refractivity contribution in [2.75, 3.05) is 5.75 Å². The lowest BCUT2D eigenvalue weighted by Crippen LogP contribution is -1.84. The van der Waals surface area contributed by atoms with Crippen molar-refractivity contribution in [1.29, 1.82) is 0 Å². The van der Waals surface area contributed by atoms with Gasteiger partial charge < -0.3 is 0 Å². The molecule has 0 aliphatic rings. The molecule has 0 aliphatic heterocycles. The summed E-state index contributed by atoms with van der Waals surface area (Å²) in [5.74, 6) is 2.26. The molecule has 2 rings (SSSR count). The highest BCUT2D eigenvalue weighted by atomic mass is 32.2. The van der Waals surface area contributed by atoms with Gasteiger partial charge in [0.2, 0.25) is 0 Å². The van der Waals surface area contributed by atoms with Gasteiger partial charge in [-0.15, -0.1) is 11.3 Å². The number of hydrogen-bond acceptors (Lipinski definition) is 4. The van der Waals surface area contributed by atoms with Gasteiger partial charge in [-0.1, -0.05) is 13.3 Å². The van der Waals surface area contributed by atoms with Crippen molar-refractivity contribution in [3.63, 3.8) is 0 Å². The van der Waals surface area contributed by atoms with Crippen molar-refractivity contribution in [1.82, 2.24) is 14.8 Å². The maximum atomic E-state index is 4.64. The number of aromatic nitrogens is 3. The predicted octanol–water partition coefficient (Wildman–Crippen LogP) is 3.58. The molecule has 0 atom stereocenters. The highest BCUT2D eigenvalue weighted by Crippen LogP contribution is 2.25. The minimum absolute atomic E-state index is 1.02. The van der Waals surface area contributed by atoms with E-state index in [1.54, 1.807) is 11.3 Å². The fourth-order valence-electron chi connectivity index (χ4n) is 1.46. The summed E-state index contributed by atoms with van der Waals surface area (Å²) in [5, 5.41) is 7.39. The second kappa shape index (κ2) is 6.21. The molecule has 0 fully saturated rings. The summed E-state index contributed by atoms with van der Waals surface area (Å²) in [6.45, 7) is 2.23. The Hall–Kier alpha value is -0.810. The Balaban J connectivity index is 1.92. The summed E-state index contributed by atoms with van der Waals surface area (Å²) in [6, 6.07) is 0. The largest absolute Gasteiger partial charge is 0.275 e. The SMILES string of the molecule is CCCCSCc1csc(-c2cnn(C)c2)n1. The maximum absolute atomic E-state index is 4.64. The fourth-order valence-corrected chi connectivity index (χ4v) is 3.36. The normalized spacial score (nSPS) is 10.9. The first-order chi connectivity index (χ1) is 8.29. The van der Waals surface area contributed by atoms with Crippen LogP contribution in [0.5, 0.6) is 0 Å². The van der Waals surface area contributed by atoms with Crippen LogP contribution in [-0.2, 0) is 12.8 Å². The molecule has 5 heteroatoms. The number of hydrogen-bond donors (Lipinski definition) is 0. The third kappa shape index (κ3) is 3.57. The van der Waals surface area contributed by atoms with Crippen LogP contribution in [0, 0.1) is 0 Å². The Morgan fingerprint density at radius 3 is 3.06 bits per heavy atom. The van der Waals surface area contributed by atoms with Crippen LogP contribution >= 0.6 is 23.1 Å². The van der Waals surface area contributed by atoms with Gasteiger partial charge >= 0.3 is 0 Å². The van der Waals surface area contributed by atoms with E-state index >= 15 is 0 Å².